The number of nitrogens with one attached hydrogen (secondary N) is 1. The highest BCUT2D eigenvalue weighted by atomic mass is 16.3. The van der Waals surface area contributed by atoms with E-state index in [1.807, 2.05) is 0 Å². The molecule has 0 saturated heterocycles. The summed E-state index contributed by atoms with van der Waals surface area (Å²) in [6.45, 7) is 0. The van der Waals surface area contributed by atoms with Gasteiger partial charge in [0.15, 0.2) is 0 Å². The van der Waals surface area contributed by atoms with Crippen molar-refractivity contribution in [3.05, 3.63) is 18.2 Å². The topological polar surface area (TPSA) is 118 Å². The molecule has 66 valence electrons. The highest BCUT2D eigenvalue weighted by Crippen LogP contribution is 2.10. The number of hydrogen-bond donors (Lipinski definition) is 4. The summed E-state index contributed by atoms with van der Waals surface area (Å²) >= 11 is 0. The van der Waals surface area contributed by atoms with Crippen LogP contribution in [-0.4, -0.2) is 27.0 Å². The number of amides is 1. The summed E-state index contributed by atoms with van der Waals surface area (Å²) in [7, 11) is 0. The Morgan fingerprint density at radius 1 is 1.75 bits per heavy atom. The Hall–Kier alpha value is -1.40. The van der Waals surface area contributed by atoms with Gasteiger partial charge in [-0.05, 0) is 0 Å². The van der Waals surface area contributed by atoms with Crippen LogP contribution in [0.5, 0.6) is 0 Å². The highest BCUT2D eigenvalue weighted by Gasteiger charge is 2.22. The molecule has 1 aromatic heterocycles. The minimum atomic E-state index is -1.12. The van der Waals surface area contributed by atoms with E-state index >= 15 is 0 Å². The van der Waals surface area contributed by atoms with E-state index < -0.39 is 18.1 Å². The summed E-state index contributed by atoms with van der Waals surface area (Å²) in [5, 5.41) is 9.35. The van der Waals surface area contributed by atoms with Crippen LogP contribution < -0.4 is 11.5 Å². The first-order valence-electron chi connectivity index (χ1n) is 3.34. The first-order chi connectivity index (χ1) is 5.63. The number of carbonyl (C=O) groups excluding carboxylic acids is 1. The smallest absolute Gasteiger partial charge is 0.237 e. The van der Waals surface area contributed by atoms with Crippen LogP contribution in [0.1, 0.15) is 11.8 Å². The molecule has 6 heteroatoms. The average molecular weight is 170 g/mol. The summed E-state index contributed by atoms with van der Waals surface area (Å²) in [4.78, 5) is 16.8. The van der Waals surface area contributed by atoms with Crippen molar-refractivity contribution < 1.29 is 9.90 Å². The summed E-state index contributed by atoms with van der Waals surface area (Å²) in [5.74, 6) is -0.753. The largest absolute Gasteiger partial charge is 0.385 e. The summed E-state index contributed by atoms with van der Waals surface area (Å²) in [6.07, 6.45) is 1.64. The third kappa shape index (κ3) is 1.60. The molecule has 0 fully saturated rings. The van der Waals surface area contributed by atoms with Gasteiger partial charge in [-0.25, -0.2) is 4.98 Å². The second-order valence-corrected chi connectivity index (χ2v) is 2.38. The fourth-order valence-electron chi connectivity index (χ4n) is 0.777. The number of imidazole rings is 1. The molecule has 6 nitrogen and oxygen atoms in total. The molecule has 1 heterocycles. The normalized spacial score (nSPS) is 15.5. The molecule has 2 atom stereocenters. The van der Waals surface area contributed by atoms with E-state index in [-0.39, 0.29) is 0 Å². The zero-order valence-electron chi connectivity index (χ0n) is 6.27. The summed E-state index contributed by atoms with van der Waals surface area (Å²) in [5.41, 5.74) is 10.5. The molecule has 0 aliphatic carbocycles. The second-order valence-electron chi connectivity index (χ2n) is 2.38. The number of aromatic nitrogens is 2. The van der Waals surface area contributed by atoms with Crippen molar-refractivity contribution in [2.75, 3.05) is 0 Å². The molecular formula is C6H10N4O2. The van der Waals surface area contributed by atoms with Gasteiger partial charge in [0.05, 0.1) is 18.2 Å². The molecule has 0 aliphatic rings. The Morgan fingerprint density at radius 3 is 2.83 bits per heavy atom. The van der Waals surface area contributed by atoms with Gasteiger partial charge in [0, 0.05) is 0 Å². The number of hydrogen-bond acceptors (Lipinski definition) is 4. The van der Waals surface area contributed by atoms with Crippen LogP contribution in [0.2, 0.25) is 0 Å². The number of carbonyl (C=O) groups is 1. The van der Waals surface area contributed by atoms with Crippen LogP contribution in [-0.2, 0) is 4.79 Å². The molecule has 12 heavy (non-hydrogen) atoms. The van der Waals surface area contributed by atoms with Crippen LogP contribution in [0.25, 0.3) is 0 Å². The quantitative estimate of drug-likeness (QED) is 0.430. The second kappa shape index (κ2) is 3.33. The van der Waals surface area contributed by atoms with Crippen LogP contribution >= 0.6 is 0 Å². The van der Waals surface area contributed by atoms with E-state index in [4.69, 9.17) is 11.5 Å². The first-order valence-corrected chi connectivity index (χ1v) is 3.34. The van der Waals surface area contributed by atoms with Crippen molar-refractivity contribution in [2.24, 2.45) is 11.5 Å². The molecule has 0 aliphatic heterocycles. The fourth-order valence-corrected chi connectivity index (χ4v) is 0.777. The van der Waals surface area contributed by atoms with Crippen molar-refractivity contribution in [2.45, 2.75) is 12.1 Å². The molecule has 6 N–H and O–H groups in total. The molecule has 0 aromatic carbocycles. The van der Waals surface area contributed by atoms with Crippen molar-refractivity contribution in [1.29, 1.82) is 0 Å². The van der Waals surface area contributed by atoms with E-state index in [0.29, 0.717) is 5.69 Å². The fraction of sp³-hybridized carbons (Fsp3) is 0.333. The van der Waals surface area contributed by atoms with Crippen molar-refractivity contribution in [3.8, 4) is 0 Å². The monoisotopic (exact) mass is 170 g/mol. The lowest BCUT2D eigenvalue weighted by Crippen LogP contribution is -2.41. The lowest BCUT2D eigenvalue weighted by Gasteiger charge is -2.13. The lowest BCUT2D eigenvalue weighted by molar-refractivity contribution is -0.121. The van der Waals surface area contributed by atoms with Crippen LogP contribution in [0, 0.1) is 0 Å². The molecule has 0 bridgehead atoms. The summed E-state index contributed by atoms with van der Waals surface area (Å²) < 4.78 is 0. The van der Waals surface area contributed by atoms with Gasteiger partial charge < -0.3 is 21.6 Å². The Bertz CT molecular complexity index is 259. The maximum absolute atomic E-state index is 10.5. The number of aromatic amines is 1. The number of aliphatic hydroxyl groups is 1. The predicted octanol–water partition coefficient (Wildman–Crippen LogP) is -1.74. The number of nitrogens with zero attached hydrogens (tertiary/aromatic N) is 1. The molecule has 1 amide bonds. The number of nitrogens with two attached hydrogens (primary N) is 2. The van der Waals surface area contributed by atoms with Gasteiger partial charge in [0.1, 0.15) is 12.1 Å². The van der Waals surface area contributed by atoms with E-state index in [2.05, 4.69) is 9.97 Å². The maximum Gasteiger partial charge on any atom is 0.237 e. The van der Waals surface area contributed by atoms with E-state index in [1.165, 1.54) is 12.5 Å². The standard InChI is InChI=1S/C6H10N4O2/c7-4(6(8)12)5(11)3-1-9-2-10-3/h1-2,4-5,11H,7H2,(H2,8,12)(H,9,10)/t4-,5?/m0/s1. The Balaban J connectivity index is 2.71. The van der Waals surface area contributed by atoms with Gasteiger partial charge >= 0.3 is 0 Å². The minimum Gasteiger partial charge on any atom is -0.385 e. The predicted molar refractivity (Wildman–Crippen MR) is 40.7 cm³/mol. The van der Waals surface area contributed by atoms with E-state index in [1.54, 1.807) is 0 Å². The van der Waals surface area contributed by atoms with Crippen molar-refractivity contribution in [1.82, 2.24) is 9.97 Å². The molecule has 1 rings (SSSR count). The Kier molecular flexibility index (Phi) is 2.41. The van der Waals surface area contributed by atoms with Crippen LogP contribution in [0.3, 0.4) is 0 Å². The molecule has 1 unspecified atom stereocenters. The highest BCUT2D eigenvalue weighted by molar-refractivity contribution is 5.80. The van der Waals surface area contributed by atoms with Gasteiger partial charge in [-0.3, -0.25) is 4.79 Å². The van der Waals surface area contributed by atoms with Gasteiger partial charge in [-0.1, -0.05) is 0 Å². The first kappa shape index (κ1) is 8.69. The van der Waals surface area contributed by atoms with Gasteiger partial charge in [-0.15, -0.1) is 0 Å². The molecular weight excluding hydrogens is 160 g/mol. The minimum absolute atomic E-state index is 0.376. The van der Waals surface area contributed by atoms with Gasteiger partial charge in [-0.2, -0.15) is 0 Å². The van der Waals surface area contributed by atoms with Gasteiger partial charge in [0.25, 0.3) is 0 Å². The van der Waals surface area contributed by atoms with Crippen molar-refractivity contribution >= 4 is 5.91 Å². The van der Waals surface area contributed by atoms with Crippen LogP contribution in [0.4, 0.5) is 0 Å². The Labute approximate surface area is 68.6 Å². The average Bonchev–Trinajstić information content (AvgIpc) is 2.53. The van der Waals surface area contributed by atoms with E-state index in [9.17, 15) is 9.90 Å². The molecule has 1 aromatic rings. The number of aliphatic hydroxyl groups excluding tert-OH is 1. The Morgan fingerprint density at radius 2 is 2.42 bits per heavy atom. The third-order valence-electron chi connectivity index (χ3n) is 1.51. The summed E-state index contributed by atoms with van der Waals surface area (Å²) in [6, 6.07) is -1.11. The third-order valence-corrected chi connectivity index (χ3v) is 1.51. The zero-order chi connectivity index (χ0) is 9.14. The number of primary amides is 1. The zero-order valence-corrected chi connectivity index (χ0v) is 6.27. The molecule has 0 radical (unpaired) electrons. The molecule has 0 spiro atoms. The SMILES string of the molecule is NC(=O)[C@@H](N)C(O)c1cnc[nH]1. The maximum atomic E-state index is 10.5. The van der Waals surface area contributed by atoms with Gasteiger partial charge in [0.2, 0.25) is 5.91 Å². The van der Waals surface area contributed by atoms with Crippen LogP contribution in [0.15, 0.2) is 12.5 Å². The van der Waals surface area contributed by atoms with Crippen molar-refractivity contribution in [3.63, 3.8) is 0 Å². The lowest BCUT2D eigenvalue weighted by atomic mass is 10.1. The number of H-pyrrole nitrogens is 1. The van der Waals surface area contributed by atoms with E-state index in [0.717, 1.165) is 0 Å². The molecule has 0 saturated carbocycles. The number of rotatable bonds is 3.